The van der Waals surface area contributed by atoms with E-state index < -0.39 is 28.6 Å². The van der Waals surface area contributed by atoms with Crippen LogP contribution in [0.1, 0.15) is 32.8 Å². The molecule has 0 aliphatic rings. The van der Waals surface area contributed by atoms with Crippen molar-refractivity contribution in [1.82, 2.24) is 5.32 Å². The molecule has 1 rings (SSSR count). The number of carbonyl (C=O) groups is 2. The van der Waals surface area contributed by atoms with Gasteiger partial charge in [-0.3, -0.25) is 10.1 Å². The van der Waals surface area contributed by atoms with Crippen LogP contribution in [-0.2, 0) is 16.0 Å². The molecule has 0 radical (unpaired) electrons. The lowest BCUT2D eigenvalue weighted by Gasteiger charge is -2.22. The Bertz CT molecular complexity index is 594. The molecule has 0 aliphatic carbocycles. The van der Waals surface area contributed by atoms with Crippen molar-refractivity contribution in [2.24, 2.45) is 0 Å². The monoisotopic (exact) mass is 324 g/mol. The van der Waals surface area contributed by atoms with Gasteiger partial charge >= 0.3 is 12.1 Å². The summed E-state index contributed by atoms with van der Waals surface area (Å²) in [5.74, 6) is -1.19. The fraction of sp³-hybridized carbons (Fsp3) is 0.467. The van der Waals surface area contributed by atoms with Crippen LogP contribution in [0.2, 0.25) is 0 Å². The van der Waals surface area contributed by atoms with Crippen LogP contribution in [0.15, 0.2) is 24.3 Å². The lowest BCUT2D eigenvalue weighted by molar-refractivity contribution is -0.384. The molecule has 0 saturated heterocycles. The molecule has 8 nitrogen and oxygen atoms in total. The van der Waals surface area contributed by atoms with Crippen molar-refractivity contribution >= 4 is 17.7 Å². The number of aryl methyl sites for hydroxylation is 1. The van der Waals surface area contributed by atoms with Crippen LogP contribution in [-0.4, -0.2) is 33.7 Å². The average molecular weight is 324 g/mol. The second kappa shape index (κ2) is 7.57. The van der Waals surface area contributed by atoms with E-state index in [0.29, 0.717) is 5.56 Å². The zero-order valence-corrected chi connectivity index (χ0v) is 13.2. The smallest absolute Gasteiger partial charge is 0.408 e. The van der Waals surface area contributed by atoms with Gasteiger partial charge < -0.3 is 15.2 Å². The summed E-state index contributed by atoms with van der Waals surface area (Å²) in [4.78, 5) is 33.1. The number of non-ortho nitro benzene ring substituents is 1. The van der Waals surface area contributed by atoms with Crippen molar-refractivity contribution in [3.8, 4) is 0 Å². The predicted octanol–water partition coefficient (Wildman–Crippen LogP) is 2.51. The fourth-order valence-electron chi connectivity index (χ4n) is 1.84. The number of amides is 1. The van der Waals surface area contributed by atoms with Crippen LogP contribution in [0.3, 0.4) is 0 Å². The van der Waals surface area contributed by atoms with Gasteiger partial charge in [-0.1, -0.05) is 12.1 Å². The van der Waals surface area contributed by atoms with Crippen LogP contribution in [0.5, 0.6) is 0 Å². The van der Waals surface area contributed by atoms with Gasteiger partial charge in [0.15, 0.2) is 0 Å². The standard InChI is InChI=1S/C15H20N2O6/c1-15(2,3)23-14(20)16-12(13(18)19)8-7-10-5-4-6-11(9-10)17(21)22/h4-6,9,12H,7-8H2,1-3H3,(H,16,20)(H,18,19)/t12-/m0/s1. The first-order valence-corrected chi connectivity index (χ1v) is 7.04. The normalized spacial score (nSPS) is 12.3. The Morgan fingerprint density at radius 3 is 2.57 bits per heavy atom. The largest absolute Gasteiger partial charge is 0.480 e. The number of ether oxygens (including phenoxy) is 1. The third-order valence-electron chi connectivity index (χ3n) is 2.83. The molecule has 0 saturated carbocycles. The van der Waals surface area contributed by atoms with Crippen LogP contribution >= 0.6 is 0 Å². The molecule has 0 spiro atoms. The van der Waals surface area contributed by atoms with Gasteiger partial charge in [0.25, 0.3) is 5.69 Å². The molecule has 1 aromatic carbocycles. The number of benzene rings is 1. The lowest BCUT2D eigenvalue weighted by atomic mass is 10.0. The number of rotatable bonds is 6. The number of hydrogen-bond donors (Lipinski definition) is 2. The molecule has 0 aromatic heterocycles. The number of aliphatic carboxylic acids is 1. The Morgan fingerprint density at radius 1 is 1.39 bits per heavy atom. The maximum Gasteiger partial charge on any atom is 0.408 e. The van der Waals surface area contributed by atoms with E-state index in [2.05, 4.69) is 5.32 Å². The first-order valence-electron chi connectivity index (χ1n) is 7.04. The first kappa shape index (κ1) is 18.4. The lowest BCUT2D eigenvalue weighted by Crippen LogP contribution is -2.43. The van der Waals surface area contributed by atoms with Gasteiger partial charge in [0.2, 0.25) is 0 Å². The number of alkyl carbamates (subject to hydrolysis) is 1. The molecule has 23 heavy (non-hydrogen) atoms. The van der Waals surface area contributed by atoms with Crippen molar-refractivity contribution in [3.63, 3.8) is 0 Å². The summed E-state index contributed by atoms with van der Waals surface area (Å²) in [6, 6.07) is 4.80. The Morgan fingerprint density at radius 2 is 2.04 bits per heavy atom. The number of nitro groups is 1. The summed E-state index contributed by atoms with van der Waals surface area (Å²) in [6.45, 7) is 5.02. The van der Waals surface area contributed by atoms with Crippen LogP contribution < -0.4 is 5.32 Å². The molecule has 0 bridgehead atoms. The third-order valence-corrected chi connectivity index (χ3v) is 2.83. The maximum absolute atomic E-state index is 11.6. The summed E-state index contributed by atoms with van der Waals surface area (Å²) in [5, 5.41) is 22.2. The number of carboxylic acids is 1. The average Bonchev–Trinajstić information content (AvgIpc) is 2.41. The molecule has 0 heterocycles. The van der Waals surface area contributed by atoms with Crippen molar-refractivity contribution < 1.29 is 24.4 Å². The number of nitrogens with one attached hydrogen (secondary N) is 1. The van der Waals surface area contributed by atoms with Gasteiger partial charge in [-0.25, -0.2) is 9.59 Å². The van der Waals surface area contributed by atoms with Gasteiger partial charge in [0.05, 0.1) is 4.92 Å². The second-order valence-corrected chi connectivity index (χ2v) is 6.00. The number of nitro benzene ring substituents is 1. The molecule has 0 unspecified atom stereocenters. The molecular weight excluding hydrogens is 304 g/mol. The zero-order valence-electron chi connectivity index (χ0n) is 13.2. The highest BCUT2D eigenvalue weighted by Crippen LogP contribution is 2.15. The number of hydrogen-bond acceptors (Lipinski definition) is 5. The van der Waals surface area contributed by atoms with Gasteiger partial charge in [-0.2, -0.15) is 0 Å². The molecule has 8 heteroatoms. The minimum absolute atomic E-state index is 0.0607. The summed E-state index contributed by atoms with van der Waals surface area (Å²) in [6.07, 6.45) is -0.451. The molecule has 2 N–H and O–H groups in total. The molecule has 0 fully saturated rings. The topological polar surface area (TPSA) is 119 Å². The minimum atomic E-state index is -1.19. The van der Waals surface area contributed by atoms with E-state index in [-0.39, 0.29) is 18.5 Å². The predicted molar refractivity (Wildman–Crippen MR) is 82.2 cm³/mol. The molecule has 126 valence electrons. The summed E-state index contributed by atoms with van der Waals surface area (Å²) < 4.78 is 5.02. The second-order valence-electron chi connectivity index (χ2n) is 6.00. The van der Waals surface area contributed by atoms with E-state index in [0.717, 1.165) is 0 Å². The van der Waals surface area contributed by atoms with Gasteiger partial charge in [0.1, 0.15) is 11.6 Å². The van der Waals surface area contributed by atoms with E-state index in [9.17, 15) is 19.7 Å². The van der Waals surface area contributed by atoms with Crippen LogP contribution in [0.4, 0.5) is 10.5 Å². The highest BCUT2D eigenvalue weighted by atomic mass is 16.6. The first-order chi connectivity index (χ1) is 10.6. The summed E-state index contributed by atoms with van der Waals surface area (Å²) in [5.41, 5.74) is -0.168. The van der Waals surface area contributed by atoms with E-state index in [1.807, 2.05) is 0 Å². The van der Waals surface area contributed by atoms with Crippen LogP contribution in [0.25, 0.3) is 0 Å². The Labute approximate surface area is 133 Å². The van der Waals surface area contributed by atoms with E-state index >= 15 is 0 Å². The number of carbonyl (C=O) groups excluding carboxylic acids is 1. The van der Waals surface area contributed by atoms with Crippen LogP contribution in [0, 0.1) is 10.1 Å². The summed E-state index contributed by atoms with van der Waals surface area (Å²) >= 11 is 0. The molecule has 0 aliphatic heterocycles. The van der Waals surface area contributed by atoms with E-state index in [4.69, 9.17) is 9.84 Å². The maximum atomic E-state index is 11.6. The van der Waals surface area contributed by atoms with Crippen molar-refractivity contribution in [1.29, 1.82) is 0 Å². The Hall–Kier alpha value is -2.64. The minimum Gasteiger partial charge on any atom is -0.480 e. The highest BCUT2D eigenvalue weighted by Gasteiger charge is 2.23. The van der Waals surface area contributed by atoms with Crippen molar-refractivity contribution in [2.45, 2.75) is 45.3 Å². The van der Waals surface area contributed by atoms with E-state index in [1.54, 1.807) is 26.8 Å². The highest BCUT2D eigenvalue weighted by molar-refractivity contribution is 5.80. The molecule has 1 atom stereocenters. The SMILES string of the molecule is CC(C)(C)OC(=O)N[C@@H](CCc1cccc([N+](=O)[O-])c1)C(=O)O. The fourth-order valence-corrected chi connectivity index (χ4v) is 1.84. The van der Waals surface area contributed by atoms with E-state index in [1.165, 1.54) is 18.2 Å². The third kappa shape index (κ3) is 6.77. The van der Waals surface area contributed by atoms with Gasteiger partial charge in [-0.15, -0.1) is 0 Å². The Kier molecular flexibility index (Phi) is 6.06. The van der Waals surface area contributed by atoms with Crippen molar-refractivity contribution in [2.75, 3.05) is 0 Å². The summed E-state index contributed by atoms with van der Waals surface area (Å²) in [7, 11) is 0. The van der Waals surface area contributed by atoms with Gasteiger partial charge in [0, 0.05) is 12.1 Å². The molecular formula is C15H20N2O6. The van der Waals surface area contributed by atoms with Gasteiger partial charge in [-0.05, 0) is 39.2 Å². The molecule has 1 amide bonds. The number of carboxylic acid groups (broad SMARTS) is 1. The molecule has 1 aromatic rings. The quantitative estimate of drug-likeness (QED) is 0.613. The van der Waals surface area contributed by atoms with Crippen molar-refractivity contribution in [3.05, 3.63) is 39.9 Å². The Balaban J connectivity index is 2.67. The number of nitrogens with zero attached hydrogens (tertiary/aromatic N) is 1. The zero-order chi connectivity index (χ0) is 17.6.